The summed E-state index contributed by atoms with van der Waals surface area (Å²) >= 11 is 4.85. The molecule has 1 aliphatic rings. The molecule has 1 aliphatic heterocycles. The molecule has 0 unspecified atom stereocenters. The van der Waals surface area contributed by atoms with Crippen molar-refractivity contribution < 1.29 is 18.7 Å². The molecule has 0 saturated heterocycles. The molecule has 0 fully saturated rings. The van der Waals surface area contributed by atoms with Gasteiger partial charge in [0, 0.05) is 16.6 Å². The van der Waals surface area contributed by atoms with Gasteiger partial charge < -0.3 is 18.8 Å². The van der Waals surface area contributed by atoms with E-state index >= 15 is 0 Å². The van der Waals surface area contributed by atoms with Crippen LogP contribution in [0, 0.1) is 0 Å². The van der Waals surface area contributed by atoms with Crippen molar-refractivity contribution in [2.45, 2.75) is 6.54 Å². The summed E-state index contributed by atoms with van der Waals surface area (Å²) < 4.78 is 17.2. The fourth-order valence-corrected chi connectivity index (χ4v) is 3.60. The van der Waals surface area contributed by atoms with Crippen LogP contribution in [0.1, 0.15) is 15.4 Å². The Bertz CT molecular complexity index is 890. The van der Waals surface area contributed by atoms with E-state index in [2.05, 4.69) is 15.9 Å². The molecule has 0 N–H and O–H groups in total. The van der Waals surface area contributed by atoms with Gasteiger partial charge >= 0.3 is 0 Å². The zero-order valence-corrected chi connectivity index (χ0v) is 15.5. The van der Waals surface area contributed by atoms with Crippen molar-refractivity contribution in [1.82, 2.24) is 0 Å². The number of amides is 1. The highest BCUT2D eigenvalue weighted by Gasteiger charge is 2.23. The van der Waals surface area contributed by atoms with Crippen molar-refractivity contribution in [3.63, 3.8) is 0 Å². The molecular weight excluding hydrogens is 406 g/mol. The summed E-state index contributed by atoms with van der Waals surface area (Å²) in [7, 11) is 0. The van der Waals surface area contributed by atoms with Gasteiger partial charge in [0.2, 0.25) is 0 Å². The molecule has 0 atom stereocenters. The van der Waals surface area contributed by atoms with Crippen molar-refractivity contribution in [3.8, 4) is 11.5 Å². The van der Waals surface area contributed by atoms with Gasteiger partial charge in [0.25, 0.3) is 5.91 Å². The van der Waals surface area contributed by atoms with Crippen LogP contribution in [0.25, 0.3) is 0 Å². The highest BCUT2D eigenvalue weighted by Crippen LogP contribution is 2.35. The van der Waals surface area contributed by atoms with E-state index in [9.17, 15) is 4.79 Å². The third-order valence-corrected chi connectivity index (χ3v) is 5.05. The first-order valence-electron chi connectivity index (χ1n) is 7.70. The van der Waals surface area contributed by atoms with E-state index < -0.39 is 0 Å². The van der Waals surface area contributed by atoms with Gasteiger partial charge in [-0.05, 0) is 51.6 Å². The summed E-state index contributed by atoms with van der Waals surface area (Å²) in [6.45, 7) is 1.49. The van der Waals surface area contributed by atoms with E-state index in [1.807, 2.05) is 35.7 Å². The van der Waals surface area contributed by atoms with Crippen molar-refractivity contribution in [2.75, 3.05) is 18.1 Å². The Morgan fingerprint density at radius 1 is 1.12 bits per heavy atom. The number of furan rings is 1. The number of thiophene rings is 1. The molecule has 0 aliphatic carbocycles. The van der Waals surface area contributed by atoms with Gasteiger partial charge in [-0.3, -0.25) is 4.79 Å². The molecule has 0 bridgehead atoms. The van der Waals surface area contributed by atoms with Crippen LogP contribution >= 0.6 is 27.3 Å². The Hall–Kier alpha value is -2.25. The molecule has 4 rings (SSSR count). The fourth-order valence-electron chi connectivity index (χ4n) is 2.60. The van der Waals surface area contributed by atoms with Gasteiger partial charge in [-0.25, -0.2) is 0 Å². The maximum atomic E-state index is 13.0. The van der Waals surface area contributed by atoms with E-state index in [0.29, 0.717) is 35.9 Å². The highest BCUT2D eigenvalue weighted by molar-refractivity contribution is 9.10. The number of carbonyl (C=O) groups is 1. The summed E-state index contributed by atoms with van der Waals surface area (Å²) in [5, 5.41) is 1.99. The SMILES string of the molecule is O=C(c1ccc(Br)o1)N(Cc1cccs1)c1ccc2c(c1)OCCO2. The van der Waals surface area contributed by atoms with E-state index in [4.69, 9.17) is 13.9 Å². The van der Waals surface area contributed by atoms with Gasteiger partial charge in [0.1, 0.15) is 13.2 Å². The van der Waals surface area contributed by atoms with Gasteiger partial charge in [-0.2, -0.15) is 0 Å². The summed E-state index contributed by atoms with van der Waals surface area (Å²) in [5.41, 5.74) is 0.732. The lowest BCUT2D eigenvalue weighted by Gasteiger charge is -2.24. The van der Waals surface area contributed by atoms with E-state index in [1.165, 1.54) is 0 Å². The number of anilines is 1. The number of fused-ring (bicyclic) bond motifs is 1. The lowest BCUT2D eigenvalue weighted by atomic mass is 10.2. The van der Waals surface area contributed by atoms with Gasteiger partial charge in [-0.1, -0.05) is 6.07 Å². The Balaban J connectivity index is 1.70. The topological polar surface area (TPSA) is 51.9 Å². The highest BCUT2D eigenvalue weighted by atomic mass is 79.9. The van der Waals surface area contributed by atoms with Crippen molar-refractivity contribution >= 4 is 38.9 Å². The van der Waals surface area contributed by atoms with Crippen molar-refractivity contribution in [2.24, 2.45) is 0 Å². The average molecular weight is 420 g/mol. The molecule has 2 aromatic heterocycles. The largest absolute Gasteiger partial charge is 0.486 e. The molecule has 7 heteroatoms. The average Bonchev–Trinajstić information content (AvgIpc) is 3.30. The molecule has 1 aromatic carbocycles. The molecule has 0 spiro atoms. The summed E-state index contributed by atoms with van der Waals surface area (Å²) in [6.07, 6.45) is 0. The van der Waals surface area contributed by atoms with E-state index in [0.717, 1.165) is 10.6 Å². The summed E-state index contributed by atoms with van der Waals surface area (Å²) in [5.74, 6) is 1.40. The van der Waals surface area contributed by atoms with Crippen molar-refractivity contribution in [1.29, 1.82) is 0 Å². The first kappa shape index (κ1) is 16.2. The predicted octanol–water partition coefficient (Wildman–Crippen LogP) is 4.72. The zero-order valence-electron chi connectivity index (χ0n) is 13.1. The normalized spacial score (nSPS) is 12.8. The maximum Gasteiger partial charge on any atom is 0.294 e. The second-order valence-corrected chi connectivity index (χ2v) is 7.22. The molecule has 0 saturated carbocycles. The first-order valence-corrected chi connectivity index (χ1v) is 9.37. The summed E-state index contributed by atoms with van der Waals surface area (Å²) in [4.78, 5) is 15.8. The van der Waals surface area contributed by atoms with Crippen LogP contribution in [0.2, 0.25) is 0 Å². The number of nitrogens with zero attached hydrogens (tertiary/aromatic N) is 1. The van der Waals surface area contributed by atoms with Gasteiger partial charge in [0.05, 0.1) is 6.54 Å². The molecule has 5 nitrogen and oxygen atoms in total. The van der Waals surface area contributed by atoms with Crippen LogP contribution in [0.3, 0.4) is 0 Å². The minimum atomic E-state index is -0.212. The Morgan fingerprint density at radius 2 is 1.96 bits per heavy atom. The van der Waals surface area contributed by atoms with Crippen LogP contribution in [-0.4, -0.2) is 19.1 Å². The quantitative estimate of drug-likeness (QED) is 0.613. The Kier molecular flexibility index (Phi) is 4.50. The smallest absolute Gasteiger partial charge is 0.294 e. The number of benzene rings is 1. The molecule has 128 valence electrons. The standard InChI is InChI=1S/C18H14BrNO4S/c19-17-6-5-15(24-17)18(21)20(11-13-2-1-9-25-13)12-3-4-14-16(10-12)23-8-7-22-14/h1-6,9-10H,7-8,11H2. The fraction of sp³-hybridized carbons (Fsp3) is 0.167. The van der Waals surface area contributed by atoms with Crippen molar-refractivity contribution in [3.05, 3.63) is 63.2 Å². The number of hydrogen-bond acceptors (Lipinski definition) is 5. The Labute approximate surface area is 156 Å². The molecule has 1 amide bonds. The minimum Gasteiger partial charge on any atom is -0.486 e. The van der Waals surface area contributed by atoms with Gasteiger partial charge in [0.15, 0.2) is 21.9 Å². The molecule has 0 radical (unpaired) electrons. The molecule has 25 heavy (non-hydrogen) atoms. The number of carbonyl (C=O) groups excluding carboxylic acids is 1. The second kappa shape index (κ2) is 6.93. The monoisotopic (exact) mass is 419 g/mol. The Morgan fingerprint density at radius 3 is 2.68 bits per heavy atom. The van der Waals surface area contributed by atoms with Crippen LogP contribution in [0.4, 0.5) is 5.69 Å². The molecule has 3 heterocycles. The van der Waals surface area contributed by atoms with E-state index in [-0.39, 0.29) is 11.7 Å². The summed E-state index contributed by atoms with van der Waals surface area (Å²) in [6, 6.07) is 12.9. The lowest BCUT2D eigenvalue weighted by molar-refractivity contribution is 0.0957. The number of halogens is 1. The maximum absolute atomic E-state index is 13.0. The molecular formula is C18H14BrNO4S. The predicted molar refractivity (Wildman–Crippen MR) is 98.7 cm³/mol. The minimum absolute atomic E-state index is 0.212. The first-order chi connectivity index (χ1) is 12.2. The number of rotatable bonds is 4. The zero-order chi connectivity index (χ0) is 17.2. The second-order valence-electron chi connectivity index (χ2n) is 5.40. The van der Waals surface area contributed by atoms with Crippen LogP contribution < -0.4 is 14.4 Å². The third kappa shape index (κ3) is 3.43. The molecule has 3 aromatic rings. The number of ether oxygens (including phenoxy) is 2. The lowest BCUT2D eigenvalue weighted by Crippen LogP contribution is -2.30. The van der Waals surface area contributed by atoms with Crippen LogP contribution in [-0.2, 0) is 6.54 Å². The number of hydrogen-bond donors (Lipinski definition) is 0. The van der Waals surface area contributed by atoms with Gasteiger partial charge in [-0.15, -0.1) is 11.3 Å². The van der Waals surface area contributed by atoms with Crippen LogP contribution in [0.15, 0.2) is 56.9 Å². The van der Waals surface area contributed by atoms with E-state index in [1.54, 1.807) is 28.4 Å². The van der Waals surface area contributed by atoms with Crippen LogP contribution in [0.5, 0.6) is 11.5 Å². The third-order valence-electron chi connectivity index (χ3n) is 3.76.